The monoisotopic (exact) mass is 623 g/mol. The molecule has 0 saturated heterocycles. The maximum absolute atomic E-state index is 4.20. The minimum absolute atomic E-state index is 0.0461. The molecule has 0 N–H and O–H groups in total. The van der Waals surface area contributed by atoms with Crippen LogP contribution in [0.1, 0.15) is 88.8 Å². The molecule has 0 radical (unpaired) electrons. The maximum Gasteiger partial charge on any atom is 0.0543 e. The van der Waals surface area contributed by atoms with Crippen molar-refractivity contribution in [3.8, 4) is 22.3 Å². The van der Waals surface area contributed by atoms with Crippen molar-refractivity contribution in [3.63, 3.8) is 0 Å². The van der Waals surface area contributed by atoms with E-state index < -0.39 is 0 Å². The van der Waals surface area contributed by atoms with Gasteiger partial charge in [-0.3, -0.25) is 0 Å². The summed E-state index contributed by atoms with van der Waals surface area (Å²) in [6.07, 6.45) is 0. The molecule has 0 atom stereocenters. The highest BCUT2D eigenvalue weighted by Gasteiger charge is 2.42. The highest BCUT2D eigenvalue weighted by Crippen LogP contribution is 2.58. The lowest BCUT2D eigenvalue weighted by atomic mass is 9.79. The van der Waals surface area contributed by atoms with E-state index in [0.29, 0.717) is 0 Å². The zero-order valence-electron chi connectivity index (χ0n) is 29.6. The molecule has 1 nitrogen and oxygen atoms in total. The SMILES string of the molecule is C=C(C)c1ccc(N(c2ccc(C(C)(C)C)cc2)c2cc3c(c4ccccc24)-c2cc4c(cc2C3(C)C)-c2ccccc2C4(C)C)cc1. The van der Waals surface area contributed by atoms with Gasteiger partial charge in [-0.25, -0.2) is 0 Å². The van der Waals surface area contributed by atoms with Crippen LogP contribution in [0.5, 0.6) is 0 Å². The molecule has 2 aliphatic carbocycles. The molecule has 8 rings (SSSR count). The van der Waals surface area contributed by atoms with Crippen molar-refractivity contribution in [2.45, 2.75) is 71.6 Å². The molecule has 48 heavy (non-hydrogen) atoms. The molecular formula is C47H45N. The van der Waals surface area contributed by atoms with E-state index in [1.165, 1.54) is 66.5 Å². The van der Waals surface area contributed by atoms with Gasteiger partial charge in [-0.05, 0) is 116 Å². The van der Waals surface area contributed by atoms with Crippen LogP contribution in [0.2, 0.25) is 0 Å². The first-order valence-electron chi connectivity index (χ1n) is 17.3. The van der Waals surface area contributed by atoms with Gasteiger partial charge in [0.05, 0.1) is 5.69 Å². The van der Waals surface area contributed by atoms with E-state index in [2.05, 4.69) is 182 Å². The lowest BCUT2D eigenvalue weighted by molar-refractivity contribution is 0.590. The minimum atomic E-state index is -0.175. The zero-order valence-corrected chi connectivity index (χ0v) is 29.6. The van der Waals surface area contributed by atoms with Crippen LogP contribution < -0.4 is 4.90 Å². The fourth-order valence-electron chi connectivity index (χ4n) is 8.37. The van der Waals surface area contributed by atoms with E-state index in [1.54, 1.807) is 0 Å². The van der Waals surface area contributed by atoms with Crippen molar-refractivity contribution in [2.24, 2.45) is 0 Å². The van der Waals surface area contributed by atoms with E-state index in [9.17, 15) is 0 Å². The van der Waals surface area contributed by atoms with Crippen LogP contribution in [0.15, 0.2) is 122 Å². The van der Waals surface area contributed by atoms with Crippen LogP contribution in [0, 0.1) is 0 Å². The molecule has 0 spiro atoms. The first kappa shape index (κ1) is 30.5. The Labute approximate surface area is 286 Å². The van der Waals surface area contributed by atoms with Gasteiger partial charge in [-0.1, -0.05) is 133 Å². The Morgan fingerprint density at radius 3 is 1.75 bits per heavy atom. The van der Waals surface area contributed by atoms with Crippen LogP contribution >= 0.6 is 0 Å². The van der Waals surface area contributed by atoms with Gasteiger partial charge in [0.2, 0.25) is 0 Å². The van der Waals surface area contributed by atoms with Crippen molar-refractivity contribution < 1.29 is 0 Å². The third-order valence-corrected chi connectivity index (χ3v) is 11.2. The fourth-order valence-corrected chi connectivity index (χ4v) is 8.37. The molecule has 2 aliphatic rings. The quantitative estimate of drug-likeness (QED) is 0.189. The van der Waals surface area contributed by atoms with Gasteiger partial charge < -0.3 is 4.90 Å². The third-order valence-electron chi connectivity index (χ3n) is 11.2. The van der Waals surface area contributed by atoms with Gasteiger partial charge in [0.1, 0.15) is 0 Å². The second-order valence-corrected chi connectivity index (χ2v) is 16.1. The van der Waals surface area contributed by atoms with Crippen LogP contribution in [0.25, 0.3) is 38.6 Å². The molecular weight excluding hydrogens is 579 g/mol. The number of anilines is 3. The molecule has 0 saturated carbocycles. The molecule has 238 valence electrons. The second-order valence-electron chi connectivity index (χ2n) is 16.1. The summed E-state index contributed by atoms with van der Waals surface area (Å²) in [5, 5.41) is 2.56. The van der Waals surface area contributed by atoms with Crippen LogP contribution in [0.4, 0.5) is 17.1 Å². The summed E-state index contributed by atoms with van der Waals surface area (Å²) in [5.41, 5.74) is 18.1. The summed E-state index contributed by atoms with van der Waals surface area (Å²) < 4.78 is 0. The molecule has 6 aromatic rings. The van der Waals surface area contributed by atoms with Gasteiger partial charge in [-0.15, -0.1) is 0 Å². The number of allylic oxidation sites excluding steroid dienone is 1. The topological polar surface area (TPSA) is 3.24 Å². The second kappa shape index (κ2) is 10.3. The standard InChI is InChI=1S/C47H45N/c1-29(2)30-18-22-32(23-19-30)48(33-24-20-31(21-25-33)45(3,4)5)43-28-42-44(36-16-11-10-15-35(36)43)38-27-40-37(26-41(38)47(42,8)9)34-14-12-13-17-39(34)46(40,6)7/h10-28H,1H2,2-9H3. The van der Waals surface area contributed by atoms with Crippen molar-refractivity contribution in [1.29, 1.82) is 0 Å². The molecule has 0 heterocycles. The predicted molar refractivity (Wildman–Crippen MR) is 207 cm³/mol. The number of fused-ring (bicyclic) bond motifs is 8. The molecule has 0 fully saturated rings. The van der Waals surface area contributed by atoms with Gasteiger partial charge in [0, 0.05) is 27.6 Å². The molecule has 0 bridgehead atoms. The highest BCUT2D eigenvalue weighted by atomic mass is 15.1. The lowest BCUT2D eigenvalue weighted by Crippen LogP contribution is -2.18. The third kappa shape index (κ3) is 4.37. The lowest BCUT2D eigenvalue weighted by Gasteiger charge is -2.30. The normalized spacial score (nSPS) is 15.1. The molecule has 0 aliphatic heterocycles. The first-order valence-corrected chi connectivity index (χ1v) is 17.3. The van der Waals surface area contributed by atoms with E-state index in [4.69, 9.17) is 0 Å². The van der Waals surface area contributed by atoms with Gasteiger partial charge in [0.15, 0.2) is 0 Å². The van der Waals surface area contributed by atoms with E-state index in [0.717, 1.165) is 22.5 Å². The Morgan fingerprint density at radius 1 is 0.562 bits per heavy atom. The number of nitrogens with zero attached hydrogens (tertiary/aromatic N) is 1. The smallest absolute Gasteiger partial charge is 0.0543 e. The summed E-state index contributed by atoms with van der Waals surface area (Å²) in [6, 6.07) is 43.6. The molecule has 6 aromatic carbocycles. The fraction of sp³-hybridized carbons (Fsp3) is 0.234. The van der Waals surface area contributed by atoms with Crippen molar-refractivity contribution >= 4 is 33.4 Å². The Hall–Kier alpha value is -4.88. The van der Waals surface area contributed by atoms with Crippen LogP contribution in [0.3, 0.4) is 0 Å². The molecule has 1 heteroatoms. The van der Waals surface area contributed by atoms with Crippen molar-refractivity contribution in [1.82, 2.24) is 0 Å². The summed E-state index contributed by atoms with van der Waals surface area (Å²) in [7, 11) is 0. The van der Waals surface area contributed by atoms with E-state index in [1.807, 2.05) is 0 Å². The minimum Gasteiger partial charge on any atom is -0.310 e. The summed E-state index contributed by atoms with van der Waals surface area (Å²) in [5.74, 6) is 0. The number of hydrogen-bond donors (Lipinski definition) is 0. The van der Waals surface area contributed by atoms with Crippen LogP contribution in [-0.4, -0.2) is 0 Å². The number of rotatable bonds is 4. The van der Waals surface area contributed by atoms with Crippen molar-refractivity contribution in [2.75, 3.05) is 4.90 Å². The average Bonchev–Trinajstić information content (AvgIpc) is 3.43. The predicted octanol–water partition coefficient (Wildman–Crippen LogP) is 13.3. The molecule has 0 unspecified atom stereocenters. The Bertz CT molecular complexity index is 2270. The van der Waals surface area contributed by atoms with Gasteiger partial charge in [-0.2, -0.15) is 0 Å². The molecule has 0 aromatic heterocycles. The highest BCUT2D eigenvalue weighted by molar-refractivity contribution is 6.10. The summed E-state index contributed by atoms with van der Waals surface area (Å²) in [6.45, 7) is 22.7. The van der Waals surface area contributed by atoms with Gasteiger partial charge in [0.25, 0.3) is 0 Å². The average molecular weight is 624 g/mol. The Balaban J connectivity index is 1.39. The maximum atomic E-state index is 4.20. The number of hydrogen-bond acceptors (Lipinski definition) is 1. The van der Waals surface area contributed by atoms with Gasteiger partial charge >= 0.3 is 0 Å². The Kier molecular flexibility index (Phi) is 6.54. The number of benzene rings is 6. The summed E-state index contributed by atoms with van der Waals surface area (Å²) >= 11 is 0. The Morgan fingerprint density at radius 2 is 1.10 bits per heavy atom. The summed E-state index contributed by atoms with van der Waals surface area (Å²) in [4.78, 5) is 2.45. The van der Waals surface area contributed by atoms with E-state index in [-0.39, 0.29) is 16.2 Å². The largest absolute Gasteiger partial charge is 0.310 e. The molecule has 0 amide bonds. The van der Waals surface area contributed by atoms with Crippen LogP contribution in [-0.2, 0) is 16.2 Å². The van der Waals surface area contributed by atoms with E-state index >= 15 is 0 Å². The van der Waals surface area contributed by atoms with Crippen molar-refractivity contribution in [3.05, 3.63) is 155 Å². The first-order chi connectivity index (χ1) is 22.8. The zero-order chi connectivity index (χ0) is 33.7.